The summed E-state index contributed by atoms with van der Waals surface area (Å²) in [6.45, 7) is 9.19. The maximum Gasteiger partial charge on any atom is 0.118 e. The highest BCUT2D eigenvalue weighted by Crippen LogP contribution is 2.26. The smallest absolute Gasteiger partial charge is 0.118 e. The Morgan fingerprint density at radius 2 is 1.39 bits per heavy atom. The van der Waals surface area contributed by atoms with E-state index in [1.165, 1.54) is 56.9 Å². The minimum atomic E-state index is 0.481. The minimum absolute atomic E-state index is 0.481. The van der Waals surface area contributed by atoms with Crippen molar-refractivity contribution in [2.24, 2.45) is 11.8 Å². The largest absolute Gasteiger partial charge is 0.508 e. The highest BCUT2D eigenvalue weighted by atomic mass is 16.3. The van der Waals surface area contributed by atoms with Crippen LogP contribution in [0, 0.1) is 11.8 Å². The number of hydrogen-bond acceptors (Lipinski definition) is 1. The highest BCUT2D eigenvalue weighted by Gasteiger charge is 2.10. The molecule has 2 atom stereocenters. The summed E-state index contributed by atoms with van der Waals surface area (Å²) < 4.78 is 0. The van der Waals surface area contributed by atoms with Gasteiger partial charge in [0.15, 0.2) is 0 Å². The standard InChI is InChI=1S/C22H38O/c1-5-7-9-11-18(3)15-20-13-14-22(23)21(17-20)16-19(4)12-10-8-6-2/h13-14,17-19,23H,5-12,15-16H2,1-4H3. The molecule has 0 heterocycles. The lowest BCUT2D eigenvalue weighted by Crippen LogP contribution is -2.03. The molecular formula is C22H38O. The Hall–Kier alpha value is -0.980. The van der Waals surface area contributed by atoms with E-state index < -0.39 is 0 Å². The zero-order valence-corrected chi connectivity index (χ0v) is 15.9. The molecule has 0 fully saturated rings. The molecule has 0 spiro atoms. The van der Waals surface area contributed by atoms with Gasteiger partial charge in [0.1, 0.15) is 5.75 Å². The van der Waals surface area contributed by atoms with Gasteiger partial charge in [0.05, 0.1) is 0 Å². The third-order valence-electron chi connectivity index (χ3n) is 4.90. The first-order chi connectivity index (χ1) is 11.1. The molecule has 1 rings (SSSR count). The van der Waals surface area contributed by atoms with Gasteiger partial charge in [0.25, 0.3) is 0 Å². The molecule has 0 radical (unpaired) electrons. The van der Waals surface area contributed by atoms with Crippen molar-refractivity contribution in [3.05, 3.63) is 29.3 Å². The van der Waals surface area contributed by atoms with Gasteiger partial charge in [-0.2, -0.15) is 0 Å². The lowest BCUT2D eigenvalue weighted by Gasteiger charge is -2.15. The van der Waals surface area contributed by atoms with E-state index in [1.54, 1.807) is 0 Å². The molecule has 2 unspecified atom stereocenters. The molecule has 0 aliphatic rings. The number of phenols is 1. The second kappa shape index (κ2) is 11.5. The van der Waals surface area contributed by atoms with Crippen LogP contribution in [0.1, 0.15) is 90.2 Å². The topological polar surface area (TPSA) is 20.2 Å². The van der Waals surface area contributed by atoms with Crippen LogP contribution in [0.2, 0.25) is 0 Å². The Bertz CT molecular complexity index is 424. The normalized spacial score (nSPS) is 13.9. The molecule has 0 saturated carbocycles. The average Bonchev–Trinajstić information content (AvgIpc) is 2.51. The van der Waals surface area contributed by atoms with Gasteiger partial charge in [0.2, 0.25) is 0 Å². The van der Waals surface area contributed by atoms with Crippen LogP contribution in [0.15, 0.2) is 18.2 Å². The zero-order valence-electron chi connectivity index (χ0n) is 15.9. The number of aromatic hydroxyl groups is 1. The molecule has 0 bridgehead atoms. The van der Waals surface area contributed by atoms with Crippen molar-refractivity contribution in [2.75, 3.05) is 0 Å². The summed E-state index contributed by atoms with van der Waals surface area (Å²) in [4.78, 5) is 0. The first-order valence-electron chi connectivity index (χ1n) is 9.87. The van der Waals surface area contributed by atoms with Gasteiger partial charge in [-0.15, -0.1) is 0 Å². The first-order valence-corrected chi connectivity index (χ1v) is 9.87. The number of rotatable bonds is 12. The van der Waals surface area contributed by atoms with E-state index in [2.05, 4.69) is 39.8 Å². The van der Waals surface area contributed by atoms with Crippen LogP contribution in [0.5, 0.6) is 5.75 Å². The fourth-order valence-electron chi connectivity index (χ4n) is 3.40. The van der Waals surface area contributed by atoms with Crippen molar-refractivity contribution in [1.29, 1.82) is 0 Å². The van der Waals surface area contributed by atoms with E-state index in [0.717, 1.165) is 24.3 Å². The number of hydrogen-bond donors (Lipinski definition) is 1. The van der Waals surface area contributed by atoms with Crippen molar-refractivity contribution in [1.82, 2.24) is 0 Å². The molecule has 1 nitrogen and oxygen atoms in total. The molecule has 0 saturated heterocycles. The molecule has 0 aliphatic carbocycles. The Morgan fingerprint density at radius 3 is 1.96 bits per heavy atom. The van der Waals surface area contributed by atoms with Gasteiger partial charge < -0.3 is 5.11 Å². The summed E-state index contributed by atoms with van der Waals surface area (Å²) >= 11 is 0. The summed E-state index contributed by atoms with van der Waals surface area (Å²) in [7, 11) is 0. The van der Waals surface area contributed by atoms with Gasteiger partial charge >= 0.3 is 0 Å². The first kappa shape index (κ1) is 20.1. The SMILES string of the molecule is CCCCCC(C)Cc1ccc(O)c(CC(C)CCCCC)c1. The Kier molecular flexibility index (Phi) is 10.1. The van der Waals surface area contributed by atoms with E-state index in [0.29, 0.717) is 11.7 Å². The van der Waals surface area contributed by atoms with Crippen molar-refractivity contribution in [2.45, 2.75) is 91.9 Å². The van der Waals surface area contributed by atoms with Crippen molar-refractivity contribution < 1.29 is 5.11 Å². The molecule has 1 heteroatoms. The van der Waals surface area contributed by atoms with Gasteiger partial charge in [-0.25, -0.2) is 0 Å². The minimum Gasteiger partial charge on any atom is -0.508 e. The molecule has 1 aromatic rings. The maximum atomic E-state index is 10.2. The van der Waals surface area contributed by atoms with Crippen LogP contribution in [-0.4, -0.2) is 5.11 Å². The Labute approximate surface area is 144 Å². The molecule has 23 heavy (non-hydrogen) atoms. The van der Waals surface area contributed by atoms with Gasteiger partial charge in [-0.3, -0.25) is 0 Å². The number of benzene rings is 1. The average molecular weight is 319 g/mol. The van der Waals surface area contributed by atoms with Crippen molar-refractivity contribution >= 4 is 0 Å². The fraction of sp³-hybridized carbons (Fsp3) is 0.727. The van der Waals surface area contributed by atoms with E-state index in [4.69, 9.17) is 0 Å². The lowest BCUT2D eigenvalue weighted by atomic mass is 9.91. The van der Waals surface area contributed by atoms with Gasteiger partial charge in [-0.05, 0) is 41.9 Å². The summed E-state index contributed by atoms with van der Waals surface area (Å²) in [5.41, 5.74) is 2.54. The van der Waals surface area contributed by atoms with Crippen LogP contribution >= 0.6 is 0 Å². The van der Waals surface area contributed by atoms with Crippen LogP contribution in [-0.2, 0) is 12.8 Å². The lowest BCUT2D eigenvalue weighted by molar-refractivity contribution is 0.446. The van der Waals surface area contributed by atoms with E-state index >= 15 is 0 Å². The summed E-state index contributed by atoms with van der Waals surface area (Å²) in [6, 6.07) is 6.26. The predicted molar refractivity (Wildman–Crippen MR) is 102 cm³/mol. The zero-order chi connectivity index (χ0) is 17.1. The van der Waals surface area contributed by atoms with E-state index in [1.807, 2.05) is 6.07 Å². The Balaban J connectivity index is 2.53. The molecule has 0 amide bonds. The molecule has 132 valence electrons. The van der Waals surface area contributed by atoms with Crippen molar-refractivity contribution in [3.8, 4) is 5.75 Å². The fourth-order valence-corrected chi connectivity index (χ4v) is 3.40. The molecular weight excluding hydrogens is 280 g/mol. The quantitative estimate of drug-likeness (QED) is 0.415. The highest BCUT2D eigenvalue weighted by molar-refractivity contribution is 5.36. The van der Waals surface area contributed by atoms with Crippen LogP contribution in [0.25, 0.3) is 0 Å². The summed E-state index contributed by atoms with van der Waals surface area (Å²) in [5.74, 6) is 1.88. The molecule has 1 N–H and O–H groups in total. The second-order valence-electron chi connectivity index (χ2n) is 7.57. The van der Waals surface area contributed by atoms with Gasteiger partial charge in [0, 0.05) is 0 Å². The molecule has 0 aromatic heterocycles. The number of unbranched alkanes of at least 4 members (excludes halogenated alkanes) is 4. The number of phenolic OH excluding ortho intramolecular Hbond substituents is 1. The van der Waals surface area contributed by atoms with Crippen molar-refractivity contribution in [3.63, 3.8) is 0 Å². The summed E-state index contributed by atoms with van der Waals surface area (Å²) in [6.07, 6.45) is 12.6. The monoisotopic (exact) mass is 318 g/mol. The van der Waals surface area contributed by atoms with E-state index in [-0.39, 0.29) is 0 Å². The van der Waals surface area contributed by atoms with E-state index in [9.17, 15) is 5.11 Å². The third kappa shape index (κ3) is 8.44. The third-order valence-corrected chi connectivity index (χ3v) is 4.90. The molecule has 1 aromatic carbocycles. The maximum absolute atomic E-state index is 10.2. The Morgan fingerprint density at radius 1 is 0.826 bits per heavy atom. The molecule has 0 aliphatic heterocycles. The second-order valence-corrected chi connectivity index (χ2v) is 7.57. The van der Waals surface area contributed by atoms with Crippen LogP contribution in [0.4, 0.5) is 0 Å². The predicted octanol–water partition coefficient (Wildman–Crippen LogP) is 6.91. The summed E-state index contributed by atoms with van der Waals surface area (Å²) in [5, 5.41) is 10.2. The van der Waals surface area contributed by atoms with Gasteiger partial charge in [-0.1, -0.05) is 91.2 Å². The van der Waals surface area contributed by atoms with Crippen LogP contribution < -0.4 is 0 Å². The van der Waals surface area contributed by atoms with Crippen LogP contribution in [0.3, 0.4) is 0 Å².